The molecular formula is C17H16FN3. The molecule has 0 saturated heterocycles. The number of rotatable bonds is 2. The number of hydrogen-bond donors (Lipinski definition) is 1. The fraction of sp³-hybridized carbons (Fsp3) is 0.176. The summed E-state index contributed by atoms with van der Waals surface area (Å²) in [6, 6.07) is 10.6. The maximum absolute atomic E-state index is 13.3. The average molecular weight is 281 g/mol. The highest BCUT2D eigenvalue weighted by Crippen LogP contribution is 2.28. The van der Waals surface area contributed by atoms with E-state index in [-0.39, 0.29) is 5.82 Å². The SMILES string of the molecule is CNc1nc(-c2ccc(F)cc2C)nc2cccc(C)c12. The first-order chi connectivity index (χ1) is 10.1. The van der Waals surface area contributed by atoms with E-state index in [1.54, 1.807) is 6.07 Å². The lowest BCUT2D eigenvalue weighted by Gasteiger charge is -2.11. The number of fused-ring (bicyclic) bond motifs is 1. The van der Waals surface area contributed by atoms with Gasteiger partial charge in [-0.05, 0) is 49.2 Å². The van der Waals surface area contributed by atoms with Crippen molar-refractivity contribution in [2.24, 2.45) is 0 Å². The summed E-state index contributed by atoms with van der Waals surface area (Å²) in [4.78, 5) is 9.23. The Bertz CT molecular complexity index is 828. The highest BCUT2D eigenvalue weighted by Gasteiger charge is 2.12. The summed E-state index contributed by atoms with van der Waals surface area (Å²) in [5.74, 6) is 1.15. The lowest BCUT2D eigenvalue weighted by Crippen LogP contribution is -2.00. The number of nitrogens with zero attached hydrogens (tertiary/aromatic N) is 2. The van der Waals surface area contributed by atoms with Gasteiger partial charge in [-0.2, -0.15) is 0 Å². The predicted molar refractivity (Wildman–Crippen MR) is 84.0 cm³/mol. The molecule has 0 aliphatic carbocycles. The van der Waals surface area contributed by atoms with Gasteiger partial charge in [0.15, 0.2) is 5.82 Å². The van der Waals surface area contributed by atoms with Crippen molar-refractivity contribution in [3.63, 3.8) is 0 Å². The second kappa shape index (κ2) is 5.13. The first kappa shape index (κ1) is 13.5. The smallest absolute Gasteiger partial charge is 0.162 e. The van der Waals surface area contributed by atoms with Crippen LogP contribution in [0.1, 0.15) is 11.1 Å². The summed E-state index contributed by atoms with van der Waals surface area (Å²) in [5, 5.41) is 4.14. The summed E-state index contributed by atoms with van der Waals surface area (Å²) in [6.45, 7) is 3.90. The number of hydrogen-bond acceptors (Lipinski definition) is 3. The Morgan fingerprint density at radius 2 is 1.81 bits per heavy atom. The van der Waals surface area contributed by atoms with E-state index in [9.17, 15) is 4.39 Å². The number of anilines is 1. The quantitative estimate of drug-likeness (QED) is 0.768. The van der Waals surface area contributed by atoms with Gasteiger partial charge in [-0.15, -0.1) is 0 Å². The molecule has 106 valence electrons. The topological polar surface area (TPSA) is 37.8 Å². The van der Waals surface area contributed by atoms with Crippen LogP contribution in [-0.4, -0.2) is 17.0 Å². The molecule has 0 spiro atoms. The van der Waals surface area contributed by atoms with Crippen LogP contribution >= 0.6 is 0 Å². The van der Waals surface area contributed by atoms with Crippen LogP contribution in [0.25, 0.3) is 22.3 Å². The van der Waals surface area contributed by atoms with Crippen molar-refractivity contribution in [3.05, 3.63) is 53.3 Å². The predicted octanol–water partition coefficient (Wildman–Crippen LogP) is 4.09. The lowest BCUT2D eigenvalue weighted by atomic mass is 10.1. The van der Waals surface area contributed by atoms with Crippen molar-refractivity contribution in [2.75, 3.05) is 12.4 Å². The minimum atomic E-state index is -0.248. The third-order valence-electron chi connectivity index (χ3n) is 3.60. The van der Waals surface area contributed by atoms with Gasteiger partial charge in [0.25, 0.3) is 0 Å². The molecule has 0 bridgehead atoms. The normalized spacial score (nSPS) is 10.9. The number of aryl methyl sites for hydroxylation is 2. The molecule has 0 fully saturated rings. The van der Waals surface area contributed by atoms with Crippen LogP contribution in [0.4, 0.5) is 10.2 Å². The molecule has 3 aromatic rings. The van der Waals surface area contributed by atoms with Crippen molar-refractivity contribution >= 4 is 16.7 Å². The van der Waals surface area contributed by atoms with Gasteiger partial charge in [0.2, 0.25) is 0 Å². The van der Waals surface area contributed by atoms with E-state index < -0.39 is 0 Å². The minimum absolute atomic E-state index is 0.248. The monoisotopic (exact) mass is 281 g/mol. The third kappa shape index (κ3) is 2.33. The molecule has 1 aromatic heterocycles. The van der Waals surface area contributed by atoms with Gasteiger partial charge in [-0.25, -0.2) is 14.4 Å². The van der Waals surface area contributed by atoms with Crippen molar-refractivity contribution in [1.82, 2.24) is 9.97 Å². The zero-order chi connectivity index (χ0) is 15.0. The van der Waals surface area contributed by atoms with Crippen LogP contribution in [0.2, 0.25) is 0 Å². The summed E-state index contributed by atoms with van der Waals surface area (Å²) in [6.07, 6.45) is 0. The van der Waals surface area contributed by atoms with E-state index in [1.807, 2.05) is 39.1 Å². The third-order valence-corrected chi connectivity index (χ3v) is 3.60. The minimum Gasteiger partial charge on any atom is -0.373 e. The van der Waals surface area contributed by atoms with E-state index in [2.05, 4.69) is 15.3 Å². The molecule has 3 rings (SSSR count). The fourth-order valence-electron chi connectivity index (χ4n) is 2.53. The van der Waals surface area contributed by atoms with Gasteiger partial charge in [0.05, 0.1) is 5.52 Å². The van der Waals surface area contributed by atoms with Crippen molar-refractivity contribution in [3.8, 4) is 11.4 Å². The molecule has 1 heterocycles. The first-order valence-corrected chi connectivity index (χ1v) is 6.82. The second-order valence-electron chi connectivity index (χ2n) is 5.07. The van der Waals surface area contributed by atoms with Crippen molar-refractivity contribution in [1.29, 1.82) is 0 Å². The number of aromatic nitrogens is 2. The average Bonchev–Trinajstić information content (AvgIpc) is 2.46. The van der Waals surface area contributed by atoms with Gasteiger partial charge >= 0.3 is 0 Å². The van der Waals surface area contributed by atoms with Gasteiger partial charge in [0, 0.05) is 18.0 Å². The van der Waals surface area contributed by atoms with Crippen LogP contribution in [-0.2, 0) is 0 Å². The molecule has 21 heavy (non-hydrogen) atoms. The molecule has 0 atom stereocenters. The van der Waals surface area contributed by atoms with Crippen molar-refractivity contribution < 1.29 is 4.39 Å². The Balaban J connectivity index is 2.29. The summed E-state index contributed by atoms with van der Waals surface area (Å²) >= 11 is 0. The Labute approximate surface area is 122 Å². The summed E-state index contributed by atoms with van der Waals surface area (Å²) in [5.41, 5.74) is 3.67. The number of nitrogens with one attached hydrogen (secondary N) is 1. The Kier molecular flexibility index (Phi) is 3.29. The molecule has 0 aliphatic rings. The molecule has 1 N–H and O–H groups in total. The maximum atomic E-state index is 13.3. The van der Waals surface area contributed by atoms with E-state index in [4.69, 9.17) is 0 Å². The molecule has 0 saturated carbocycles. The second-order valence-corrected chi connectivity index (χ2v) is 5.07. The highest BCUT2D eigenvalue weighted by molar-refractivity contribution is 5.93. The van der Waals surface area contributed by atoms with E-state index in [0.717, 1.165) is 33.4 Å². The first-order valence-electron chi connectivity index (χ1n) is 6.82. The largest absolute Gasteiger partial charge is 0.373 e. The Morgan fingerprint density at radius 1 is 1.00 bits per heavy atom. The molecule has 0 aliphatic heterocycles. The molecule has 3 nitrogen and oxygen atoms in total. The molecular weight excluding hydrogens is 265 g/mol. The van der Waals surface area contributed by atoms with Crippen LogP contribution in [0, 0.1) is 19.7 Å². The lowest BCUT2D eigenvalue weighted by molar-refractivity contribution is 0.627. The fourth-order valence-corrected chi connectivity index (χ4v) is 2.53. The van der Waals surface area contributed by atoms with Crippen LogP contribution in [0.3, 0.4) is 0 Å². The van der Waals surface area contributed by atoms with Gasteiger partial charge in [-0.3, -0.25) is 0 Å². The molecule has 0 unspecified atom stereocenters. The molecule has 0 radical (unpaired) electrons. The summed E-state index contributed by atoms with van der Waals surface area (Å²) < 4.78 is 13.3. The standard InChI is InChI=1S/C17H16FN3/c1-10-5-4-6-14-15(10)17(19-3)21-16(20-14)13-8-7-12(18)9-11(13)2/h4-9H,1-3H3,(H,19,20,21). The molecule has 2 aromatic carbocycles. The summed E-state index contributed by atoms with van der Waals surface area (Å²) in [7, 11) is 1.84. The number of benzene rings is 2. The number of halogens is 1. The zero-order valence-corrected chi connectivity index (χ0v) is 12.2. The molecule has 4 heteroatoms. The van der Waals surface area contributed by atoms with Gasteiger partial charge < -0.3 is 5.32 Å². The van der Waals surface area contributed by atoms with E-state index >= 15 is 0 Å². The zero-order valence-electron chi connectivity index (χ0n) is 12.2. The van der Waals surface area contributed by atoms with Crippen molar-refractivity contribution in [2.45, 2.75) is 13.8 Å². The van der Waals surface area contributed by atoms with E-state index in [0.29, 0.717) is 5.82 Å². The van der Waals surface area contributed by atoms with E-state index in [1.165, 1.54) is 12.1 Å². The van der Waals surface area contributed by atoms with Gasteiger partial charge in [-0.1, -0.05) is 12.1 Å². The van der Waals surface area contributed by atoms with Crippen LogP contribution < -0.4 is 5.32 Å². The van der Waals surface area contributed by atoms with Gasteiger partial charge in [0.1, 0.15) is 11.6 Å². The van der Waals surface area contributed by atoms with Crippen LogP contribution in [0.5, 0.6) is 0 Å². The van der Waals surface area contributed by atoms with Crippen LogP contribution in [0.15, 0.2) is 36.4 Å². The molecule has 0 amide bonds. The maximum Gasteiger partial charge on any atom is 0.162 e. The Hall–Kier alpha value is -2.49. The Morgan fingerprint density at radius 3 is 2.52 bits per heavy atom. The highest BCUT2D eigenvalue weighted by atomic mass is 19.1.